The van der Waals surface area contributed by atoms with Crippen molar-refractivity contribution in [2.24, 2.45) is 0 Å². The highest BCUT2D eigenvalue weighted by molar-refractivity contribution is 5.88. The molecule has 0 unspecified atom stereocenters. The third-order valence-electron chi connectivity index (χ3n) is 5.45. The van der Waals surface area contributed by atoms with Gasteiger partial charge in [-0.1, -0.05) is 30.7 Å². The summed E-state index contributed by atoms with van der Waals surface area (Å²) in [5, 5.41) is 2.83. The van der Waals surface area contributed by atoms with E-state index < -0.39 is 0 Å². The number of nitrogens with zero attached hydrogens (tertiary/aromatic N) is 3. The number of pyridine rings is 2. The number of carbonyl (C=O) groups is 1. The van der Waals surface area contributed by atoms with Crippen LogP contribution in [0, 0.1) is 0 Å². The molecule has 2 heterocycles. The van der Waals surface area contributed by atoms with Crippen molar-refractivity contribution in [3.05, 3.63) is 90.0 Å². The zero-order valence-electron chi connectivity index (χ0n) is 19.0. The lowest BCUT2D eigenvalue weighted by Crippen LogP contribution is -2.26. The lowest BCUT2D eigenvalue weighted by molar-refractivity contribution is -0.114. The van der Waals surface area contributed by atoms with Crippen LogP contribution in [0.4, 0.5) is 5.69 Å². The fraction of sp³-hybridized carbons (Fsp3) is 0.370. The topological polar surface area (TPSA) is 58.1 Å². The number of anilines is 1. The Morgan fingerprint density at radius 3 is 2.00 bits per heavy atom. The number of hydrogen-bond acceptors (Lipinski definition) is 4. The highest BCUT2D eigenvalue weighted by atomic mass is 16.1. The zero-order valence-corrected chi connectivity index (χ0v) is 19.0. The summed E-state index contributed by atoms with van der Waals surface area (Å²) in [6.45, 7) is 4.58. The highest BCUT2D eigenvalue weighted by Gasteiger charge is 2.08. The Hall–Kier alpha value is -3.05. The number of nitrogens with one attached hydrogen (secondary N) is 1. The second-order valence-electron chi connectivity index (χ2n) is 8.21. The van der Waals surface area contributed by atoms with Gasteiger partial charge in [0.25, 0.3) is 0 Å². The first kappa shape index (κ1) is 23.6. The quantitative estimate of drug-likeness (QED) is 0.375. The number of carbonyl (C=O) groups excluding carboxylic acids is 1. The number of rotatable bonds is 13. The van der Waals surface area contributed by atoms with Crippen LogP contribution in [0.1, 0.15) is 49.6 Å². The number of aromatic nitrogens is 2. The van der Waals surface area contributed by atoms with E-state index in [2.05, 4.69) is 56.6 Å². The van der Waals surface area contributed by atoms with Crippen molar-refractivity contribution in [3.63, 3.8) is 0 Å². The normalized spacial score (nSPS) is 10.9. The summed E-state index contributed by atoms with van der Waals surface area (Å²) in [4.78, 5) is 22.7. The van der Waals surface area contributed by atoms with Gasteiger partial charge in [-0.05, 0) is 87.2 Å². The smallest absolute Gasteiger partial charge is 0.221 e. The summed E-state index contributed by atoms with van der Waals surface area (Å²) in [7, 11) is 0. The van der Waals surface area contributed by atoms with E-state index in [9.17, 15) is 4.79 Å². The Balaban J connectivity index is 1.48. The van der Waals surface area contributed by atoms with E-state index in [-0.39, 0.29) is 5.91 Å². The molecule has 1 aromatic carbocycles. The minimum absolute atomic E-state index is 0.0420. The summed E-state index contributed by atoms with van der Waals surface area (Å²) in [6.07, 6.45) is 10.4. The van der Waals surface area contributed by atoms with Crippen LogP contribution in [-0.2, 0) is 24.2 Å². The molecule has 1 N–H and O–H groups in total. The van der Waals surface area contributed by atoms with Gasteiger partial charge >= 0.3 is 0 Å². The molecule has 0 fully saturated rings. The molecule has 0 aliphatic carbocycles. The Morgan fingerprint density at radius 1 is 0.781 bits per heavy atom. The predicted molar refractivity (Wildman–Crippen MR) is 130 cm³/mol. The predicted octanol–water partition coefficient (Wildman–Crippen LogP) is 5.28. The van der Waals surface area contributed by atoms with Gasteiger partial charge in [0.05, 0.1) is 0 Å². The molecule has 0 aliphatic rings. The molecule has 0 saturated carbocycles. The SMILES string of the molecule is CC(=O)Nc1ccc(CN(CCCCCc2ccccn2)CCCc2ccccn2)cc1. The van der Waals surface area contributed by atoms with Crippen LogP contribution in [0.25, 0.3) is 0 Å². The molecule has 5 heteroatoms. The molecule has 0 atom stereocenters. The molecule has 0 aliphatic heterocycles. The minimum atomic E-state index is -0.0420. The second-order valence-corrected chi connectivity index (χ2v) is 8.21. The van der Waals surface area contributed by atoms with Crippen LogP contribution in [-0.4, -0.2) is 33.9 Å². The van der Waals surface area contributed by atoms with Gasteiger partial charge in [-0.25, -0.2) is 0 Å². The molecule has 5 nitrogen and oxygen atoms in total. The van der Waals surface area contributed by atoms with Crippen LogP contribution in [0.15, 0.2) is 73.1 Å². The van der Waals surface area contributed by atoms with Gasteiger partial charge in [0.1, 0.15) is 0 Å². The van der Waals surface area contributed by atoms with Crippen LogP contribution in [0.3, 0.4) is 0 Å². The van der Waals surface area contributed by atoms with Crippen molar-refractivity contribution in [2.75, 3.05) is 18.4 Å². The third kappa shape index (κ3) is 8.98. The highest BCUT2D eigenvalue weighted by Crippen LogP contribution is 2.14. The molecule has 32 heavy (non-hydrogen) atoms. The molecule has 3 aromatic rings. The van der Waals surface area contributed by atoms with E-state index in [0.717, 1.165) is 50.3 Å². The summed E-state index contributed by atoms with van der Waals surface area (Å²) >= 11 is 0. The lowest BCUT2D eigenvalue weighted by Gasteiger charge is -2.22. The van der Waals surface area contributed by atoms with Gasteiger partial charge in [-0.15, -0.1) is 0 Å². The number of benzene rings is 1. The second kappa shape index (κ2) is 13.4. The molecule has 0 saturated heterocycles. The van der Waals surface area contributed by atoms with Crippen molar-refractivity contribution in [1.29, 1.82) is 0 Å². The Morgan fingerprint density at radius 2 is 1.41 bits per heavy atom. The van der Waals surface area contributed by atoms with Crippen LogP contribution in [0.2, 0.25) is 0 Å². The van der Waals surface area contributed by atoms with Crippen molar-refractivity contribution in [1.82, 2.24) is 14.9 Å². The zero-order chi connectivity index (χ0) is 22.4. The Kier molecular flexibility index (Phi) is 9.87. The molecule has 168 valence electrons. The van der Waals surface area contributed by atoms with Crippen molar-refractivity contribution in [3.8, 4) is 0 Å². The molecule has 0 bridgehead atoms. The van der Waals surface area contributed by atoms with Crippen LogP contribution >= 0.6 is 0 Å². The molecule has 0 radical (unpaired) electrons. The van der Waals surface area contributed by atoms with Crippen molar-refractivity contribution >= 4 is 11.6 Å². The summed E-state index contributed by atoms with van der Waals surface area (Å²) < 4.78 is 0. The first-order valence-corrected chi connectivity index (χ1v) is 11.6. The first-order valence-electron chi connectivity index (χ1n) is 11.6. The molecule has 0 spiro atoms. The fourth-order valence-electron chi connectivity index (χ4n) is 3.82. The van der Waals surface area contributed by atoms with Crippen molar-refractivity contribution < 1.29 is 4.79 Å². The summed E-state index contributed by atoms with van der Waals surface area (Å²) in [5.41, 5.74) is 4.45. The van der Waals surface area contributed by atoms with Crippen molar-refractivity contribution in [2.45, 2.75) is 52.0 Å². The molecule has 3 rings (SSSR count). The van der Waals surface area contributed by atoms with Crippen LogP contribution in [0.5, 0.6) is 0 Å². The summed E-state index contributed by atoms with van der Waals surface area (Å²) in [6, 6.07) is 20.4. The van der Waals surface area contributed by atoms with E-state index in [1.165, 1.54) is 37.4 Å². The fourth-order valence-corrected chi connectivity index (χ4v) is 3.82. The van der Waals surface area contributed by atoms with E-state index in [1.807, 2.05) is 36.7 Å². The lowest BCUT2D eigenvalue weighted by atomic mass is 10.1. The maximum Gasteiger partial charge on any atom is 0.221 e. The van der Waals surface area contributed by atoms with Gasteiger partial charge in [0.15, 0.2) is 0 Å². The number of aryl methyl sites for hydroxylation is 2. The summed E-state index contributed by atoms with van der Waals surface area (Å²) in [5.74, 6) is -0.0420. The average Bonchev–Trinajstić information content (AvgIpc) is 2.81. The largest absolute Gasteiger partial charge is 0.326 e. The van der Waals surface area contributed by atoms with E-state index in [1.54, 1.807) is 0 Å². The van der Waals surface area contributed by atoms with E-state index >= 15 is 0 Å². The molecular weight excluding hydrogens is 396 g/mol. The third-order valence-corrected chi connectivity index (χ3v) is 5.45. The van der Waals surface area contributed by atoms with Gasteiger partial charge < -0.3 is 5.32 Å². The first-order chi connectivity index (χ1) is 15.7. The number of hydrogen-bond donors (Lipinski definition) is 1. The van der Waals surface area contributed by atoms with Gasteiger partial charge in [0.2, 0.25) is 5.91 Å². The number of unbranched alkanes of at least 4 members (excludes halogenated alkanes) is 2. The monoisotopic (exact) mass is 430 g/mol. The number of amides is 1. The van der Waals surface area contributed by atoms with Crippen LogP contribution < -0.4 is 5.32 Å². The standard InChI is InChI=1S/C27H34N4O/c1-23(32)30-27-16-14-24(15-17-27)22-31(21-9-13-26-12-5-7-19-29-26)20-8-2-3-10-25-11-4-6-18-28-25/h4-7,11-12,14-19H,2-3,8-10,13,20-22H2,1H3,(H,30,32). The molecule has 1 amide bonds. The Labute approximate surface area is 191 Å². The molecule has 2 aromatic heterocycles. The van der Waals surface area contributed by atoms with E-state index in [4.69, 9.17) is 0 Å². The average molecular weight is 431 g/mol. The van der Waals surface area contributed by atoms with E-state index in [0.29, 0.717) is 0 Å². The minimum Gasteiger partial charge on any atom is -0.326 e. The van der Waals surface area contributed by atoms with Gasteiger partial charge in [-0.3, -0.25) is 19.7 Å². The van der Waals surface area contributed by atoms with Gasteiger partial charge in [0, 0.05) is 42.9 Å². The maximum atomic E-state index is 11.2. The Bertz CT molecular complexity index is 913. The maximum absolute atomic E-state index is 11.2. The molecular formula is C27H34N4O. The van der Waals surface area contributed by atoms with Gasteiger partial charge in [-0.2, -0.15) is 0 Å².